The van der Waals surface area contributed by atoms with E-state index in [0.717, 1.165) is 44.8 Å². The summed E-state index contributed by atoms with van der Waals surface area (Å²) in [6, 6.07) is 2.21. The zero-order valence-electron chi connectivity index (χ0n) is 12.2. The molecule has 1 aliphatic rings. The van der Waals surface area contributed by atoms with Crippen molar-refractivity contribution in [3.63, 3.8) is 0 Å². The van der Waals surface area contributed by atoms with Crippen LogP contribution < -0.4 is 10.2 Å². The molecule has 0 aromatic carbocycles. The first-order valence-corrected chi connectivity index (χ1v) is 7.15. The third kappa shape index (κ3) is 3.67. The molecular formula is C15H25N3O. The summed E-state index contributed by atoms with van der Waals surface area (Å²) < 4.78 is 0. The van der Waals surface area contributed by atoms with Gasteiger partial charge in [-0.2, -0.15) is 0 Å². The molecule has 1 aliphatic heterocycles. The van der Waals surface area contributed by atoms with Crippen LogP contribution in [-0.2, 0) is 6.54 Å². The molecule has 0 atom stereocenters. The predicted octanol–water partition coefficient (Wildman–Crippen LogP) is 1.85. The van der Waals surface area contributed by atoms with Crippen LogP contribution in [0.25, 0.3) is 0 Å². The summed E-state index contributed by atoms with van der Waals surface area (Å²) in [7, 11) is 0. The Bertz CT molecular complexity index is 421. The third-order valence-electron chi connectivity index (χ3n) is 3.83. The van der Waals surface area contributed by atoms with Gasteiger partial charge in [0.2, 0.25) is 0 Å². The van der Waals surface area contributed by atoms with Crippen molar-refractivity contribution in [1.82, 2.24) is 10.3 Å². The van der Waals surface area contributed by atoms with E-state index >= 15 is 0 Å². The highest BCUT2D eigenvalue weighted by Crippen LogP contribution is 2.26. The van der Waals surface area contributed by atoms with Crippen molar-refractivity contribution in [2.75, 3.05) is 24.5 Å². The van der Waals surface area contributed by atoms with Crippen molar-refractivity contribution in [2.45, 2.75) is 45.8 Å². The lowest BCUT2D eigenvalue weighted by molar-refractivity contribution is 0.0350. The smallest absolute Gasteiger partial charge is 0.131 e. The number of aromatic nitrogens is 1. The topological polar surface area (TPSA) is 48.4 Å². The van der Waals surface area contributed by atoms with E-state index in [2.05, 4.69) is 35.1 Å². The molecule has 0 amide bonds. The normalized spacial score (nSPS) is 18.6. The molecule has 2 rings (SSSR count). The van der Waals surface area contributed by atoms with Crippen LogP contribution >= 0.6 is 0 Å². The molecule has 0 bridgehead atoms. The first-order valence-electron chi connectivity index (χ1n) is 7.15. The Balaban J connectivity index is 2.05. The lowest BCUT2D eigenvalue weighted by Crippen LogP contribution is -2.43. The van der Waals surface area contributed by atoms with Crippen LogP contribution in [0.3, 0.4) is 0 Å². The minimum atomic E-state index is -0.505. The van der Waals surface area contributed by atoms with Crippen molar-refractivity contribution in [3.8, 4) is 0 Å². The quantitative estimate of drug-likeness (QED) is 0.870. The fourth-order valence-electron chi connectivity index (χ4n) is 2.52. The predicted molar refractivity (Wildman–Crippen MR) is 78.4 cm³/mol. The van der Waals surface area contributed by atoms with Gasteiger partial charge in [0.1, 0.15) is 5.82 Å². The molecule has 1 fully saturated rings. The van der Waals surface area contributed by atoms with Crippen LogP contribution in [0.5, 0.6) is 0 Å². The highest BCUT2D eigenvalue weighted by molar-refractivity contribution is 5.47. The second kappa shape index (κ2) is 5.88. The molecule has 0 unspecified atom stereocenters. The van der Waals surface area contributed by atoms with Crippen LogP contribution in [0.15, 0.2) is 12.3 Å². The van der Waals surface area contributed by atoms with Crippen molar-refractivity contribution in [2.24, 2.45) is 0 Å². The summed E-state index contributed by atoms with van der Waals surface area (Å²) in [6.07, 6.45) is 3.58. The van der Waals surface area contributed by atoms with E-state index in [1.54, 1.807) is 0 Å². The van der Waals surface area contributed by atoms with Crippen molar-refractivity contribution >= 4 is 5.82 Å². The Labute approximate surface area is 115 Å². The SMILES string of the molecule is CCNCc1cnc(N2CCC(C)(O)CC2)c(C)c1. The average molecular weight is 263 g/mol. The fourth-order valence-corrected chi connectivity index (χ4v) is 2.52. The number of aryl methyl sites for hydroxylation is 1. The second-order valence-electron chi connectivity index (χ2n) is 5.75. The summed E-state index contributed by atoms with van der Waals surface area (Å²) in [4.78, 5) is 6.89. The molecular weight excluding hydrogens is 238 g/mol. The van der Waals surface area contributed by atoms with Gasteiger partial charge < -0.3 is 15.3 Å². The van der Waals surface area contributed by atoms with Gasteiger partial charge in [0.05, 0.1) is 5.60 Å². The van der Waals surface area contributed by atoms with Gasteiger partial charge in [-0.05, 0) is 50.4 Å². The van der Waals surface area contributed by atoms with Gasteiger partial charge >= 0.3 is 0 Å². The summed E-state index contributed by atoms with van der Waals surface area (Å²) in [6.45, 7) is 9.76. The zero-order valence-corrected chi connectivity index (χ0v) is 12.2. The van der Waals surface area contributed by atoms with Crippen LogP contribution in [0, 0.1) is 6.92 Å². The molecule has 1 aromatic heterocycles. The molecule has 1 saturated heterocycles. The standard InChI is InChI=1S/C15H25N3O/c1-4-16-10-13-9-12(2)14(17-11-13)18-7-5-15(3,19)6-8-18/h9,11,16,19H,4-8,10H2,1-3H3. The van der Waals surface area contributed by atoms with Gasteiger partial charge in [-0.25, -0.2) is 4.98 Å². The van der Waals surface area contributed by atoms with E-state index in [-0.39, 0.29) is 0 Å². The van der Waals surface area contributed by atoms with Crippen molar-refractivity contribution < 1.29 is 5.11 Å². The number of nitrogens with zero attached hydrogens (tertiary/aromatic N) is 2. The summed E-state index contributed by atoms with van der Waals surface area (Å²) >= 11 is 0. The number of nitrogens with one attached hydrogen (secondary N) is 1. The third-order valence-corrected chi connectivity index (χ3v) is 3.83. The Kier molecular flexibility index (Phi) is 4.42. The van der Waals surface area contributed by atoms with Crippen LogP contribution in [0.2, 0.25) is 0 Å². The molecule has 2 heterocycles. The largest absolute Gasteiger partial charge is 0.390 e. The Morgan fingerprint density at radius 2 is 2.11 bits per heavy atom. The lowest BCUT2D eigenvalue weighted by Gasteiger charge is -2.37. The summed E-state index contributed by atoms with van der Waals surface area (Å²) in [5.74, 6) is 1.07. The summed E-state index contributed by atoms with van der Waals surface area (Å²) in [5.41, 5.74) is 1.94. The number of aliphatic hydroxyl groups is 1. The number of rotatable bonds is 4. The van der Waals surface area contributed by atoms with Gasteiger partial charge in [0.15, 0.2) is 0 Å². The number of pyridine rings is 1. The molecule has 1 aromatic rings. The highest BCUT2D eigenvalue weighted by atomic mass is 16.3. The molecule has 4 heteroatoms. The molecule has 0 saturated carbocycles. The van der Waals surface area contributed by atoms with Crippen molar-refractivity contribution in [3.05, 3.63) is 23.4 Å². The number of anilines is 1. The first kappa shape index (κ1) is 14.3. The van der Waals surface area contributed by atoms with E-state index < -0.39 is 5.60 Å². The zero-order chi connectivity index (χ0) is 13.9. The van der Waals surface area contributed by atoms with Crippen LogP contribution in [-0.4, -0.2) is 35.3 Å². The maximum atomic E-state index is 9.99. The Morgan fingerprint density at radius 3 is 2.68 bits per heavy atom. The monoisotopic (exact) mass is 263 g/mol. The molecule has 0 spiro atoms. The van der Waals surface area contributed by atoms with E-state index in [0.29, 0.717) is 0 Å². The Morgan fingerprint density at radius 1 is 1.42 bits per heavy atom. The number of piperidine rings is 1. The van der Waals surface area contributed by atoms with Gasteiger partial charge in [-0.15, -0.1) is 0 Å². The molecule has 19 heavy (non-hydrogen) atoms. The maximum Gasteiger partial charge on any atom is 0.131 e. The lowest BCUT2D eigenvalue weighted by atomic mass is 9.93. The maximum absolute atomic E-state index is 9.99. The van der Waals surface area contributed by atoms with Crippen LogP contribution in [0.4, 0.5) is 5.82 Å². The Hall–Kier alpha value is -1.13. The second-order valence-corrected chi connectivity index (χ2v) is 5.75. The highest BCUT2D eigenvalue weighted by Gasteiger charge is 2.28. The van der Waals surface area contributed by atoms with E-state index in [1.165, 1.54) is 11.1 Å². The minimum Gasteiger partial charge on any atom is -0.390 e. The minimum absolute atomic E-state index is 0.505. The van der Waals surface area contributed by atoms with Gasteiger partial charge in [-0.3, -0.25) is 0 Å². The van der Waals surface area contributed by atoms with Crippen molar-refractivity contribution in [1.29, 1.82) is 0 Å². The summed E-state index contributed by atoms with van der Waals surface area (Å²) in [5, 5.41) is 13.3. The fraction of sp³-hybridized carbons (Fsp3) is 0.667. The van der Waals surface area contributed by atoms with Gasteiger partial charge in [0, 0.05) is 25.8 Å². The van der Waals surface area contributed by atoms with Gasteiger partial charge in [-0.1, -0.05) is 6.92 Å². The van der Waals surface area contributed by atoms with E-state index in [1.807, 2.05) is 13.1 Å². The first-order chi connectivity index (χ1) is 9.02. The molecule has 2 N–H and O–H groups in total. The molecule has 0 radical (unpaired) electrons. The molecule has 106 valence electrons. The van der Waals surface area contributed by atoms with Gasteiger partial charge in [0.25, 0.3) is 0 Å². The van der Waals surface area contributed by atoms with Crippen LogP contribution in [0.1, 0.15) is 37.8 Å². The molecule has 0 aliphatic carbocycles. The molecule has 4 nitrogen and oxygen atoms in total. The van der Waals surface area contributed by atoms with E-state index in [9.17, 15) is 5.11 Å². The number of hydrogen-bond acceptors (Lipinski definition) is 4. The number of hydrogen-bond donors (Lipinski definition) is 2. The average Bonchev–Trinajstić information content (AvgIpc) is 2.37. The van der Waals surface area contributed by atoms with E-state index in [4.69, 9.17) is 0 Å².